The molecule has 1 atom stereocenters. The van der Waals surface area contributed by atoms with Gasteiger partial charge in [-0.25, -0.2) is 4.79 Å². The molecule has 1 aromatic heterocycles. The molecule has 1 aromatic rings. The van der Waals surface area contributed by atoms with Crippen molar-refractivity contribution in [2.45, 2.75) is 46.6 Å². The summed E-state index contributed by atoms with van der Waals surface area (Å²) < 4.78 is 1.41. The minimum atomic E-state index is -0.938. The number of aliphatic carboxylic acids is 1. The number of pyridine rings is 1. The number of nitrogens with zero attached hydrogens (tertiary/aromatic N) is 2. The van der Waals surface area contributed by atoms with Gasteiger partial charge in [0.05, 0.1) is 0 Å². The molecule has 0 amide bonds. The van der Waals surface area contributed by atoms with Crippen LogP contribution in [0.15, 0.2) is 17.1 Å². The smallest absolute Gasteiger partial charge is 0.326 e. The fourth-order valence-corrected chi connectivity index (χ4v) is 3.26. The topological polar surface area (TPSA) is 62.5 Å². The van der Waals surface area contributed by atoms with E-state index in [4.69, 9.17) is 0 Å². The first-order valence-corrected chi connectivity index (χ1v) is 8.44. The van der Waals surface area contributed by atoms with Crippen molar-refractivity contribution < 1.29 is 9.90 Å². The second-order valence-electron chi connectivity index (χ2n) is 7.33. The van der Waals surface area contributed by atoms with Crippen molar-refractivity contribution in [3.63, 3.8) is 0 Å². The van der Waals surface area contributed by atoms with Crippen LogP contribution in [0.2, 0.25) is 0 Å². The first-order chi connectivity index (χ1) is 10.8. The van der Waals surface area contributed by atoms with Crippen molar-refractivity contribution in [3.8, 4) is 0 Å². The lowest BCUT2D eigenvalue weighted by Gasteiger charge is -2.37. The Balaban J connectivity index is 2.20. The van der Waals surface area contributed by atoms with E-state index in [0.717, 1.165) is 43.1 Å². The predicted molar refractivity (Wildman–Crippen MR) is 90.9 cm³/mol. The van der Waals surface area contributed by atoms with Gasteiger partial charge >= 0.3 is 5.97 Å². The van der Waals surface area contributed by atoms with E-state index in [-0.39, 0.29) is 11.5 Å². The van der Waals surface area contributed by atoms with Gasteiger partial charge in [0.15, 0.2) is 0 Å². The second-order valence-corrected chi connectivity index (χ2v) is 7.33. The van der Waals surface area contributed by atoms with Crippen LogP contribution in [0.25, 0.3) is 0 Å². The third-order valence-corrected chi connectivity index (χ3v) is 4.55. The standard InChI is InChI=1S/C18H28N2O3/c1-12(2)7-16(18(22)23)20-11-15(14(4)8-17(20)21)5-6-19-9-13(3)10-19/h8,11-13,16H,5-7,9-10H2,1-4H3,(H,22,23). The first-order valence-electron chi connectivity index (χ1n) is 8.44. The average Bonchev–Trinajstić information content (AvgIpc) is 2.41. The molecule has 0 aromatic carbocycles. The number of carboxylic acids is 1. The summed E-state index contributed by atoms with van der Waals surface area (Å²) >= 11 is 0. The van der Waals surface area contributed by atoms with Crippen LogP contribution in [0, 0.1) is 18.8 Å². The molecular weight excluding hydrogens is 292 g/mol. The largest absolute Gasteiger partial charge is 0.480 e. The van der Waals surface area contributed by atoms with E-state index < -0.39 is 12.0 Å². The Morgan fingerprint density at radius 3 is 2.57 bits per heavy atom. The van der Waals surface area contributed by atoms with Crippen molar-refractivity contribution in [2.24, 2.45) is 11.8 Å². The monoisotopic (exact) mass is 320 g/mol. The molecule has 2 heterocycles. The lowest BCUT2D eigenvalue weighted by Crippen LogP contribution is -2.45. The van der Waals surface area contributed by atoms with Crippen LogP contribution in [-0.2, 0) is 11.2 Å². The predicted octanol–water partition coefficient (Wildman–Crippen LogP) is 2.32. The zero-order valence-electron chi connectivity index (χ0n) is 14.6. The van der Waals surface area contributed by atoms with Crippen LogP contribution in [0.4, 0.5) is 0 Å². The molecule has 0 radical (unpaired) electrons. The number of carboxylic acid groups (broad SMARTS) is 1. The van der Waals surface area contributed by atoms with E-state index in [2.05, 4.69) is 11.8 Å². The number of aryl methyl sites for hydroxylation is 1. The molecule has 0 saturated carbocycles. The molecule has 128 valence electrons. The molecule has 5 nitrogen and oxygen atoms in total. The number of hydrogen-bond acceptors (Lipinski definition) is 3. The Morgan fingerprint density at radius 1 is 1.39 bits per heavy atom. The Kier molecular flexibility index (Phi) is 5.63. The average molecular weight is 320 g/mol. The maximum atomic E-state index is 12.3. The van der Waals surface area contributed by atoms with E-state index in [1.807, 2.05) is 20.8 Å². The number of hydrogen-bond donors (Lipinski definition) is 1. The van der Waals surface area contributed by atoms with Gasteiger partial charge in [-0.15, -0.1) is 0 Å². The van der Waals surface area contributed by atoms with Crippen molar-refractivity contribution >= 4 is 5.97 Å². The second kappa shape index (κ2) is 7.30. The van der Waals surface area contributed by atoms with Crippen LogP contribution < -0.4 is 5.56 Å². The van der Waals surface area contributed by atoms with Gasteiger partial charge in [-0.3, -0.25) is 4.79 Å². The van der Waals surface area contributed by atoms with Crippen molar-refractivity contribution in [2.75, 3.05) is 19.6 Å². The van der Waals surface area contributed by atoms with Crippen LogP contribution in [0.1, 0.15) is 44.4 Å². The maximum Gasteiger partial charge on any atom is 0.326 e. The summed E-state index contributed by atoms with van der Waals surface area (Å²) in [6.07, 6.45) is 3.08. The summed E-state index contributed by atoms with van der Waals surface area (Å²) in [4.78, 5) is 26.2. The highest BCUT2D eigenvalue weighted by Crippen LogP contribution is 2.19. The number of aromatic nitrogens is 1. The van der Waals surface area contributed by atoms with Gasteiger partial charge in [0.2, 0.25) is 0 Å². The van der Waals surface area contributed by atoms with Crippen LogP contribution >= 0.6 is 0 Å². The molecule has 2 rings (SSSR count). The van der Waals surface area contributed by atoms with Gasteiger partial charge in [0.25, 0.3) is 5.56 Å². The molecule has 0 aliphatic carbocycles. The fraction of sp³-hybridized carbons (Fsp3) is 0.667. The summed E-state index contributed by atoms with van der Waals surface area (Å²) in [6.45, 7) is 11.3. The van der Waals surface area contributed by atoms with Gasteiger partial charge in [0, 0.05) is 31.9 Å². The third kappa shape index (κ3) is 4.44. The summed E-state index contributed by atoms with van der Waals surface area (Å²) in [5.41, 5.74) is 1.80. The zero-order chi connectivity index (χ0) is 17.1. The first kappa shape index (κ1) is 17.7. The van der Waals surface area contributed by atoms with Crippen LogP contribution in [-0.4, -0.2) is 40.2 Å². The number of carbonyl (C=O) groups is 1. The summed E-state index contributed by atoms with van der Waals surface area (Å²) in [6, 6.07) is 0.788. The van der Waals surface area contributed by atoms with Gasteiger partial charge in [-0.2, -0.15) is 0 Å². The molecule has 1 N–H and O–H groups in total. The minimum Gasteiger partial charge on any atom is -0.480 e. The quantitative estimate of drug-likeness (QED) is 0.837. The SMILES string of the molecule is Cc1cc(=O)n(C(CC(C)C)C(=O)O)cc1CCN1CC(C)C1. The molecule has 1 unspecified atom stereocenters. The lowest BCUT2D eigenvalue weighted by atomic mass is 10.0. The molecule has 0 spiro atoms. The summed E-state index contributed by atoms with van der Waals surface area (Å²) in [5, 5.41) is 9.49. The zero-order valence-corrected chi connectivity index (χ0v) is 14.6. The maximum absolute atomic E-state index is 12.3. The molecule has 5 heteroatoms. The van der Waals surface area contributed by atoms with E-state index in [9.17, 15) is 14.7 Å². The molecule has 1 aliphatic rings. The summed E-state index contributed by atoms with van der Waals surface area (Å²) in [5.74, 6) is 0.0509. The van der Waals surface area contributed by atoms with Crippen molar-refractivity contribution in [1.82, 2.24) is 9.47 Å². The molecular formula is C18H28N2O3. The van der Waals surface area contributed by atoms with E-state index in [0.29, 0.717) is 6.42 Å². The number of rotatable bonds is 7. The minimum absolute atomic E-state index is 0.218. The Bertz CT molecular complexity index is 615. The Morgan fingerprint density at radius 2 is 2.04 bits per heavy atom. The van der Waals surface area contributed by atoms with Gasteiger partial charge in [-0.1, -0.05) is 20.8 Å². The van der Waals surface area contributed by atoms with E-state index in [1.165, 1.54) is 4.57 Å². The molecule has 23 heavy (non-hydrogen) atoms. The summed E-state index contributed by atoms with van der Waals surface area (Å²) in [7, 11) is 0. The normalized spacial score (nSPS) is 17.3. The van der Waals surface area contributed by atoms with Crippen molar-refractivity contribution in [3.05, 3.63) is 33.7 Å². The Labute approximate surface area is 137 Å². The third-order valence-electron chi connectivity index (χ3n) is 4.55. The van der Waals surface area contributed by atoms with Crippen LogP contribution in [0.3, 0.4) is 0 Å². The Hall–Kier alpha value is -1.62. The van der Waals surface area contributed by atoms with E-state index in [1.54, 1.807) is 12.3 Å². The number of likely N-dealkylation sites (tertiary alicyclic amines) is 1. The van der Waals surface area contributed by atoms with Gasteiger partial charge in [0.1, 0.15) is 6.04 Å². The van der Waals surface area contributed by atoms with Crippen molar-refractivity contribution in [1.29, 1.82) is 0 Å². The van der Waals surface area contributed by atoms with E-state index >= 15 is 0 Å². The van der Waals surface area contributed by atoms with Gasteiger partial charge in [-0.05, 0) is 42.7 Å². The highest BCUT2D eigenvalue weighted by Gasteiger charge is 2.24. The van der Waals surface area contributed by atoms with Crippen LogP contribution in [0.5, 0.6) is 0 Å². The molecule has 0 bridgehead atoms. The molecule has 1 fully saturated rings. The van der Waals surface area contributed by atoms with Gasteiger partial charge < -0.3 is 14.6 Å². The highest BCUT2D eigenvalue weighted by molar-refractivity contribution is 5.71. The lowest BCUT2D eigenvalue weighted by molar-refractivity contribution is -0.141. The highest BCUT2D eigenvalue weighted by atomic mass is 16.4. The molecule has 1 saturated heterocycles. The molecule has 1 aliphatic heterocycles. The fourth-order valence-electron chi connectivity index (χ4n) is 3.26.